The van der Waals surface area contributed by atoms with E-state index in [2.05, 4.69) is 5.32 Å². The molecule has 2 amide bonds. The van der Waals surface area contributed by atoms with Crippen LogP contribution in [0.15, 0.2) is 54.6 Å². The predicted molar refractivity (Wildman–Crippen MR) is 123 cm³/mol. The molecule has 1 fully saturated rings. The second-order valence-corrected chi connectivity index (χ2v) is 7.62. The first-order chi connectivity index (χ1) is 14.9. The van der Waals surface area contributed by atoms with Crippen LogP contribution >= 0.6 is 23.8 Å². The van der Waals surface area contributed by atoms with Gasteiger partial charge in [-0.25, -0.2) is 0 Å². The minimum absolute atomic E-state index is 0.0481. The van der Waals surface area contributed by atoms with Gasteiger partial charge in [0.05, 0.1) is 25.1 Å². The standard InChI is InChI=1S/C22H22ClN3O4S/c1-2-30-20(28)12-13-25-18(14-19(27)24-16-6-4-3-5-7-16)21(29)26(22(25)31)17-10-8-15(23)9-11-17/h3-11,18H,2,12-14H2,1H3,(H,24,27)/t18-/m1/s1. The van der Waals surface area contributed by atoms with Crippen molar-refractivity contribution in [2.45, 2.75) is 25.8 Å². The summed E-state index contributed by atoms with van der Waals surface area (Å²) in [6, 6.07) is 14.8. The Morgan fingerprint density at radius 3 is 2.45 bits per heavy atom. The normalized spacial score (nSPS) is 15.9. The summed E-state index contributed by atoms with van der Waals surface area (Å²) in [6.45, 7) is 2.15. The molecule has 0 bridgehead atoms. The number of rotatable bonds is 8. The summed E-state index contributed by atoms with van der Waals surface area (Å²) in [5.74, 6) is -1.05. The van der Waals surface area contributed by atoms with Crippen LogP contribution in [-0.4, -0.2) is 47.0 Å². The van der Waals surface area contributed by atoms with Gasteiger partial charge in [-0.05, 0) is 55.5 Å². The molecule has 0 unspecified atom stereocenters. The van der Waals surface area contributed by atoms with Crippen molar-refractivity contribution in [3.63, 3.8) is 0 Å². The van der Waals surface area contributed by atoms with E-state index in [1.54, 1.807) is 60.4 Å². The quantitative estimate of drug-likeness (QED) is 0.479. The molecule has 0 spiro atoms. The number of hydrogen-bond donors (Lipinski definition) is 1. The molecule has 0 aliphatic carbocycles. The maximum atomic E-state index is 13.2. The molecule has 1 aliphatic heterocycles. The van der Waals surface area contributed by atoms with Crippen LogP contribution in [-0.2, 0) is 19.1 Å². The third kappa shape index (κ3) is 5.59. The average molecular weight is 460 g/mol. The average Bonchev–Trinajstić information content (AvgIpc) is 2.97. The summed E-state index contributed by atoms with van der Waals surface area (Å²) in [5.41, 5.74) is 1.18. The topological polar surface area (TPSA) is 79.0 Å². The Labute approximate surface area is 190 Å². The summed E-state index contributed by atoms with van der Waals surface area (Å²) in [4.78, 5) is 40.7. The molecule has 0 aromatic heterocycles. The van der Waals surface area contributed by atoms with E-state index in [4.69, 9.17) is 28.6 Å². The van der Waals surface area contributed by atoms with Crippen LogP contribution in [0.1, 0.15) is 19.8 Å². The summed E-state index contributed by atoms with van der Waals surface area (Å²) in [5, 5.41) is 3.54. The number of nitrogens with zero attached hydrogens (tertiary/aromatic N) is 2. The van der Waals surface area contributed by atoms with Crippen molar-refractivity contribution in [3.8, 4) is 0 Å². The molecular formula is C22H22ClN3O4S. The highest BCUT2D eigenvalue weighted by molar-refractivity contribution is 7.80. The summed E-state index contributed by atoms with van der Waals surface area (Å²) >= 11 is 11.5. The fraction of sp³-hybridized carbons (Fsp3) is 0.273. The lowest BCUT2D eigenvalue weighted by Crippen LogP contribution is -2.39. The molecule has 1 atom stereocenters. The van der Waals surface area contributed by atoms with Crippen LogP contribution in [0.25, 0.3) is 0 Å². The Kier molecular flexibility index (Phi) is 7.59. The minimum atomic E-state index is -0.832. The molecule has 9 heteroatoms. The van der Waals surface area contributed by atoms with Gasteiger partial charge in [-0.2, -0.15) is 0 Å². The van der Waals surface area contributed by atoms with Gasteiger partial charge in [-0.1, -0.05) is 29.8 Å². The van der Waals surface area contributed by atoms with E-state index in [0.717, 1.165) is 0 Å². The molecule has 1 N–H and O–H groups in total. The molecule has 31 heavy (non-hydrogen) atoms. The Hall–Kier alpha value is -2.97. The highest BCUT2D eigenvalue weighted by Gasteiger charge is 2.44. The van der Waals surface area contributed by atoms with Gasteiger partial charge in [0.1, 0.15) is 6.04 Å². The van der Waals surface area contributed by atoms with Crippen LogP contribution in [0.4, 0.5) is 11.4 Å². The van der Waals surface area contributed by atoms with Crippen molar-refractivity contribution in [1.29, 1.82) is 0 Å². The fourth-order valence-electron chi connectivity index (χ4n) is 3.27. The first-order valence-corrected chi connectivity index (χ1v) is 10.6. The minimum Gasteiger partial charge on any atom is -0.466 e. The number of thiocarbonyl (C=S) groups is 1. The van der Waals surface area contributed by atoms with Crippen LogP contribution < -0.4 is 10.2 Å². The zero-order valence-corrected chi connectivity index (χ0v) is 18.5. The molecule has 1 heterocycles. The van der Waals surface area contributed by atoms with Gasteiger partial charge in [-0.15, -0.1) is 0 Å². The summed E-state index contributed by atoms with van der Waals surface area (Å²) < 4.78 is 4.98. The predicted octanol–water partition coefficient (Wildman–Crippen LogP) is 3.62. The maximum Gasteiger partial charge on any atom is 0.307 e. The van der Waals surface area contributed by atoms with E-state index < -0.39 is 12.0 Å². The second-order valence-electron chi connectivity index (χ2n) is 6.82. The number of esters is 1. The van der Waals surface area contributed by atoms with Gasteiger partial charge in [0.15, 0.2) is 5.11 Å². The van der Waals surface area contributed by atoms with Gasteiger partial charge < -0.3 is 15.0 Å². The maximum absolute atomic E-state index is 13.2. The second kappa shape index (κ2) is 10.4. The number of para-hydroxylation sites is 1. The third-order valence-electron chi connectivity index (χ3n) is 4.70. The van der Waals surface area contributed by atoms with Crippen molar-refractivity contribution < 1.29 is 19.1 Å². The number of ether oxygens (including phenoxy) is 1. The van der Waals surface area contributed by atoms with Gasteiger partial charge in [0, 0.05) is 17.3 Å². The molecule has 0 radical (unpaired) electrons. The number of anilines is 2. The monoisotopic (exact) mass is 459 g/mol. The van der Waals surface area contributed by atoms with Crippen LogP contribution in [0.2, 0.25) is 5.02 Å². The molecule has 0 saturated carbocycles. The first-order valence-electron chi connectivity index (χ1n) is 9.81. The number of carbonyl (C=O) groups excluding carboxylic acids is 3. The highest BCUT2D eigenvalue weighted by atomic mass is 35.5. The van der Waals surface area contributed by atoms with Gasteiger partial charge in [0.25, 0.3) is 5.91 Å². The molecule has 1 aliphatic rings. The number of carbonyl (C=O) groups is 3. The number of benzene rings is 2. The number of hydrogen-bond acceptors (Lipinski definition) is 5. The zero-order chi connectivity index (χ0) is 22.4. The molecule has 1 saturated heterocycles. The summed E-state index contributed by atoms with van der Waals surface area (Å²) in [6.07, 6.45) is -0.0622. The lowest BCUT2D eigenvalue weighted by atomic mass is 10.1. The molecule has 7 nitrogen and oxygen atoms in total. The van der Waals surface area contributed by atoms with Crippen LogP contribution in [0.5, 0.6) is 0 Å². The van der Waals surface area contributed by atoms with Crippen molar-refractivity contribution in [2.75, 3.05) is 23.4 Å². The Balaban J connectivity index is 1.80. The first kappa shape index (κ1) is 22.7. The molecule has 2 aromatic carbocycles. The smallest absolute Gasteiger partial charge is 0.307 e. The van der Waals surface area contributed by atoms with Crippen LogP contribution in [0.3, 0.4) is 0 Å². The number of amides is 2. The van der Waals surface area contributed by atoms with Crippen molar-refractivity contribution >= 4 is 58.1 Å². The van der Waals surface area contributed by atoms with Crippen LogP contribution in [0, 0.1) is 0 Å². The zero-order valence-electron chi connectivity index (χ0n) is 16.9. The van der Waals surface area contributed by atoms with E-state index in [0.29, 0.717) is 16.4 Å². The van der Waals surface area contributed by atoms with E-state index in [9.17, 15) is 14.4 Å². The Morgan fingerprint density at radius 1 is 1.13 bits per heavy atom. The third-order valence-corrected chi connectivity index (χ3v) is 5.37. The largest absolute Gasteiger partial charge is 0.466 e. The molecular weight excluding hydrogens is 438 g/mol. The van der Waals surface area contributed by atoms with E-state index in [1.165, 1.54) is 4.90 Å². The van der Waals surface area contributed by atoms with Gasteiger partial charge in [0.2, 0.25) is 5.91 Å². The molecule has 3 rings (SSSR count). The van der Waals surface area contributed by atoms with E-state index >= 15 is 0 Å². The van der Waals surface area contributed by atoms with Gasteiger partial charge >= 0.3 is 5.97 Å². The van der Waals surface area contributed by atoms with Crippen molar-refractivity contribution in [3.05, 3.63) is 59.6 Å². The Bertz CT molecular complexity index is 968. The van der Waals surface area contributed by atoms with E-state index in [-0.39, 0.29) is 42.9 Å². The van der Waals surface area contributed by atoms with Gasteiger partial charge in [-0.3, -0.25) is 19.3 Å². The van der Waals surface area contributed by atoms with E-state index in [1.807, 2.05) is 6.07 Å². The fourth-order valence-corrected chi connectivity index (χ4v) is 3.81. The highest BCUT2D eigenvalue weighted by Crippen LogP contribution is 2.28. The number of nitrogens with one attached hydrogen (secondary N) is 1. The molecule has 162 valence electrons. The molecule has 2 aromatic rings. The Morgan fingerprint density at radius 2 is 1.81 bits per heavy atom. The number of halogens is 1. The van der Waals surface area contributed by atoms with Crippen molar-refractivity contribution in [1.82, 2.24) is 4.90 Å². The van der Waals surface area contributed by atoms with Crippen molar-refractivity contribution in [2.24, 2.45) is 0 Å². The SMILES string of the molecule is CCOC(=O)CCN1C(=S)N(c2ccc(Cl)cc2)C(=O)[C@H]1CC(=O)Nc1ccccc1. The lowest BCUT2D eigenvalue weighted by molar-refractivity contribution is -0.143. The lowest BCUT2D eigenvalue weighted by Gasteiger charge is -2.23. The summed E-state index contributed by atoms with van der Waals surface area (Å²) in [7, 11) is 0.